The quantitative estimate of drug-likeness (QED) is 0.554. The fraction of sp³-hybridized carbons (Fsp3) is 0.714. The van der Waals surface area contributed by atoms with Crippen LogP contribution in [0.3, 0.4) is 0 Å². The molecule has 0 N–H and O–H groups in total. The molecule has 0 spiro atoms. The Morgan fingerprint density at radius 1 is 1.78 bits per heavy atom. The Morgan fingerprint density at radius 2 is 2.56 bits per heavy atom. The Morgan fingerprint density at radius 3 is 3.00 bits per heavy atom. The third-order valence-corrected chi connectivity index (χ3v) is 2.01. The van der Waals surface area contributed by atoms with E-state index < -0.39 is 0 Å². The number of hydrogen-bond donors (Lipinski definition) is 1. The summed E-state index contributed by atoms with van der Waals surface area (Å²) in [6.07, 6.45) is 5.46. The van der Waals surface area contributed by atoms with E-state index in [-0.39, 0.29) is 0 Å². The maximum atomic E-state index is 5.07. The molecule has 1 unspecified atom stereocenters. The van der Waals surface area contributed by atoms with Crippen LogP contribution in [-0.2, 0) is 4.74 Å². The normalized spacial score (nSPS) is 27.3. The minimum Gasteiger partial charge on any atom is -0.501 e. The number of rotatable bonds is 1. The highest BCUT2D eigenvalue weighted by Crippen LogP contribution is 2.21. The van der Waals surface area contributed by atoms with Crippen molar-refractivity contribution in [2.45, 2.75) is 24.5 Å². The van der Waals surface area contributed by atoms with Crippen LogP contribution in [0.4, 0.5) is 0 Å². The van der Waals surface area contributed by atoms with Crippen LogP contribution in [0.15, 0.2) is 11.8 Å². The summed E-state index contributed by atoms with van der Waals surface area (Å²) in [5, 5.41) is 0.518. The van der Waals surface area contributed by atoms with Crippen LogP contribution in [0, 0.1) is 0 Å². The molecule has 0 saturated heterocycles. The van der Waals surface area contributed by atoms with Gasteiger partial charge in [0.05, 0.1) is 12.9 Å². The summed E-state index contributed by atoms with van der Waals surface area (Å²) in [4.78, 5) is 0. The predicted molar refractivity (Wildman–Crippen MR) is 41.7 cm³/mol. The lowest BCUT2D eigenvalue weighted by atomic mass is 10.1. The molecule has 0 aliphatic heterocycles. The van der Waals surface area contributed by atoms with Crippen LogP contribution in [0.2, 0.25) is 0 Å². The van der Waals surface area contributed by atoms with E-state index in [1.54, 1.807) is 7.11 Å². The van der Waals surface area contributed by atoms with Gasteiger partial charge in [-0.3, -0.25) is 0 Å². The van der Waals surface area contributed by atoms with Crippen LogP contribution < -0.4 is 0 Å². The Bertz CT molecular complexity index is 120. The molecule has 9 heavy (non-hydrogen) atoms. The molecule has 0 bridgehead atoms. The van der Waals surface area contributed by atoms with Crippen molar-refractivity contribution >= 4 is 12.6 Å². The monoisotopic (exact) mass is 144 g/mol. The highest BCUT2D eigenvalue weighted by Gasteiger charge is 2.10. The first-order valence-corrected chi connectivity index (χ1v) is 3.75. The standard InChI is InChI=1S/C7H12OS/c1-8-6-3-2-4-7(9)5-6/h3,7,9H,2,4-5H2,1H3. The van der Waals surface area contributed by atoms with Crippen LogP contribution in [0.1, 0.15) is 19.3 Å². The second-order valence-electron chi connectivity index (χ2n) is 2.31. The minimum absolute atomic E-state index is 0.518. The van der Waals surface area contributed by atoms with Gasteiger partial charge in [0.15, 0.2) is 0 Å². The lowest BCUT2D eigenvalue weighted by Gasteiger charge is -2.16. The van der Waals surface area contributed by atoms with E-state index in [9.17, 15) is 0 Å². The first-order valence-electron chi connectivity index (χ1n) is 3.24. The van der Waals surface area contributed by atoms with Gasteiger partial charge in [0.2, 0.25) is 0 Å². The topological polar surface area (TPSA) is 9.23 Å². The fourth-order valence-electron chi connectivity index (χ4n) is 1.02. The zero-order valence-corrected chi connectivity index (χ0v) is 6.53. The Labute approximate surface area is 61.5 Å². The van der Waals surface area contributed by atoms with Gasteiger partial charge in [-0.25, -0.2) is 0 Å². The van der Waals surface area contributed by atoms with Crippen molar-refractivity contribution in [2.24, 2.45) is 0 Å². The van der Waals surface area contributed by atoms with E-state index in [0.717, 1.165) is 18.6 Å². The highest BCUT2D eigenvalue weighted by atomic mass is 32.1. The molecule has 1 aliphatic rings. The average Bonchev–Trinajstić information content (AvgIpc) is 1.88. The van der Waals surface area contributed by atoms with Crippen molar-refractivity contribution in [3.05, 3.63) is 11.8 Å². The molecule has 0 heterocycles. The molecule has 1 aliphatic carbocycles. The average molecular weight is 144 g/mol. The smallest absolute Gasteiger partial charge is 0.0926 e. The van der Waals surface area contributed by atoms with Gasteiger partial charge in [-0.1, -0.05) is 0 Å². The number of allylic oxidation sites excluding steroid dienone is 2. The zero-order chi connectivity index (χ0) is 6.69. The van der Waals surface area contributed by atoms with Crippen LogP contribution in [0.25, 0.3) is 0 Å². The number of methoxy groups -OCH3 is 1. The number of ether oxygens (including phenoxy) is 1. The Kier molecular flexibility index (Phi) is 2.46. The van der Waals surface area contributed by atoms with Gasteiger partial charge < -0.3 is 4.74 Å². The molecular weight excluding hydrogens is 132 g/mol. The second-order valence-corrected chi connectivity index (χ2v) is 3.04. The summed E-state index contributed by atoms with van der Waals surface area (Å²) in [7, 11) is 1.72. The fourth-order valence-corrected chi connectivity index (χ4v) is 1.35. The molecule has 0 amide bonds. The third kappa shape index (κ3) is 1.94. The molecule has 1 rings (SSSR count). The highest BCUT2D eigenvalue weighted by molar-refractivity contribution is 7.80. The predicted octanol–water partition coefficient (Wildman–Crippen LogP) is 2.00. The molecule has 1 nitrogen and oxygen atoms in total. The molecule has 1 atom stereocenters. The molecule has 0 aromatic rings. The summed E-state index contributed by atoms with van der Waals surface area (Å²) < 4.78 is 5.07. The Hall–Kier alpha value is -0.110. The third-order valence-electron chi connectivity index (χ3n) is 1.57. The summed E-state index contributed by atoms with van der Waals surface area (Å²) in [5.41, 5.74) is 0. The maximum absolute atomic E-state index is 5.07. The zero-order valence-electron chi connectivity index (χ0n) is 5.63. The van der Waals surface area contributed by atoms with Gasteiger partial charge in [-0.2, -0.15) is 12.6 Å². The number of thiol groups is 1. The molecule has 0 aromatic heterocycles. The molecule has 0 saturated carbocycles. The van der Waals surface area contributed by atoms with Gasteiger partial charge in [-0.15, -0.1) is 0 Å². The van der Waals surface area contributed by atoms with E-state index in [0.29, 0.717) is 5.25 Å². The largest absolute Gasteiger partial charge is 0.501 e. The first kappa shape index (κ1) is 7.00. The van der Waals surface area contributed by atoms with Crippen LogP contribution in [0.5, 0.6) is 0 Å². The van der Waals surface area contributed by atoms with Crippen molar-refractivity contribution < 1.29 is 4.74 Å². The van der Waals surface area contributed by atoms with Crippen LogP contribution in [-0.4, -0.2) is 12.4 Å². The minimum atomic E-state index is 0.518. The molecule has 0 radical (unpaired) electrons. The number of hydrogen-bond acceptors (Lipinski definition) is 2. The van der Waals surface area contributed by atoms with Crippen molar-refractivity contribution in [3.8, 4) is 0 Å². The van der Waals surface area contributed by atoms with Gasteiger partial charge in [-0.05, 0) is 18.9 Å². The Balaban J connectivity index is 2.43. The summed E-state index contributed by atoms with van der Waals surface area (Å²) >= 11 is 4.35. The van der Waals surface area contributed by atoms with Crippen molar-refractivity contribution in [2.75, 3.05) is 7.11 Å². The lowest BCUT2D eigenvalue weighted by molar-refractivity contribution is 0.268. The summed E-state index contributed by atoms with van der Waals surface area (Å²) in [6.45, 7) is 0. The molecular formula is C7H12OS. The maximum Gasteiger partial charge on any atom is 0.0926 e. The van der Waals surface area contributed by atoms with Gasteiger partial charge >= 0.3 is 0 Å². The SMILES string of the molecule is COC1=CCCC(S)C1. The lowest BCUT2D eigenvalue weighted by Crippen LogP contribution is -2.06. The van der Waals surface area contributed by atoms with Crippen molar-refractivity contribution in [3.63, 3.8) is 0 Å². The summed E-state index contributed by atoms with van der Waals surface area (Å²) in [6, 6.07) is 0. The van der Waals surface area contributed by atoms with Crippen LogP contribution >= 0.6 is 12.6 Å². The van der Waals surface area contributed by atoms with E-state index in [1.165, 1.54) is 6.42 Å². The first-order chi connectivity index (χ1) is 4.33. The molecule has 52 valence electrons. The summed E-state index contributed by atoms with van der Waals surface area (Å²) in [5.74, 6) is 1.10. The van der Waals surface area contributed by atoms with E-state index in [1.807, 2.05) is 0 Å². The van der Waals surface area contributed by atoms with Gasteiger partial charge in [0, 0.05) is 11.7 Å². The van der Waals surface area contributed by atoms with E-state index in [4.69, 9.17) is 4.74 Å². The second kappa shape index (κ2) is 3.16. The molecule has 0 aromatic carbocycles. The van der Waals surface area contributed by atoms with Crippen molar-refractivity contribution in [1.29, 1.82) is 0 Å². The van der Waals surface area contributed by atoms with E-state index >= 15 is 0 Å². The van der Waals surface area contributed by atoms with Gasteiger partial charge in [0.25, 0.3) is 0 Å². The van der Waals surface area contributed by atoms with E-state index in [2.05, 4.69) is 18.7 Å². The van der Waals surface area contributed by atoms with Gasteiger partial charge in [0.1, 0.15) is 0 Å². The molecule has 0 fully saturated rings. The van der Waals surface area contributed by atoms with Crippen molar-refractivity contribution in [1.82, 2.24) is 0 Å². The molecule has 2 heteroatoms.